The average Bonchev–Trinajstić information content (AvgIpc) is 2.96. The Labute approximate surface area is 115 Å². The maximum atomic E-state index is 11.9. The highest BCUT2D eigenvalue weighted by atomic mass is 16.2. The van der Waals surface area contributed by atoms with Gasteiger partial charge in [0.15, 0.2) is 0 Å². The minimum absolute atomic E-state index is 0.0114. The van der Waals surface area contributed by atoms with Gasteiger partial charge in [-0.2, -0.15) is 0 Å². The lowest BCUT2D eigenvalue weighted by molar-refractivity contribution is -0.133. The lowest BCUT2D eigenvalue weighted by Crippen LogP contribution is -2.42. The van der Waals surface area contributed by atoms with Crippen molar-refractivity contribution >= 4 is 11.8 Å². The number of rotatable bonds is 5. The molecule has 2 aliphatic rings. The van der Waals surface area contributed by atoms with Gasteiger partial charge in [-0.05, 0) is 51.1 Å². The molecular formula is C14H25N3O2. The summed E-state index contributed by atoms with van der Waals surface area (Å²) in [5.74, 6) is 0.705. The van der Waals surface area contributed by atoms with E-state index in [-0.39, 0.29) is 18.4 Å². The molecule has 0 aromatic heterocycles. The van der Waals surface area contributed by atoms with Crippen LogP contribution in [0.1, 0.15) is 38.5 Å². The first-order valence-corrected chi connectivity index (χ1v) is 7.51. The molecule has 0 aromatic rings. The Morgan fingerprint density at radius 2 is 2.00 bits per heavy atom. The van der Waals surface area contributed by atoms with Crippen molar-refractivity contribution in [2.45, 2.75) is 38.5 Å². The van der Waals surface area contributed by atoms with Gasteiger partial charge in [0, 0.05) is 19.5 Å². The number of carbonyl (C=O) groups excluding carboxylic acids is 2. The summed E-state index contributed by atoms with van der Waals surface area (Å²) in [6, 6.07) is 0. The average molecular weight is 267 g/mol. The van der Waals surface area contributed by atoms with E-state index in [1.807, 2.05) is 4.90 Å². The van der Waals surface area contributed by atoms with Gasteiger partial charge in [0.1, 0.15) is 0 Å². The SMILES string of the molecule is O=C(CCC1CCNC1)NCC(=O)N1CCCCC1. The van der Waals surface area contributed by atoms with Crippen molar-refractivity contribution in [3.63, 3.8) is 0 Å². The smallest absolute Gasteiger partial charge is 0.241 e. The minimum Gasteiger partial charge on any atom is -0.347 e. The van der Waals surface area contributed by atoms with Crippen LogP contribution in [0.25, 0.3) is 0 Å². The zero-order valence-corrected chi connectivity index (χ0v) is 11.6. The van der Waals surface area contributed by atoms with Crippen molar-refractivity contribution in [3.05, 3.63) is 0 Å². The number of nitrogens with one attached hydrogen (secondary N) is 2. The second-order valence-electron chi connectivity index (χ2n) is 5.62. The van der Waals surface area contributed by atoms with E-state index in [9.17, 15) is 9.59 Å². The van der Waals surface area contributed by atoms with E-state index in [0.29, 0.717) is 12.3 Å². The molecule has 108 valence electrons. The van der Waals surface area contributed by atoms with Gasteiger partial charge < -0.3 is 15.5 Å². The molecule has 2 rings (SSSR count). The third-order valence-electron chi connectivity index (χ3n) is 4.09. The number of piperidine rings is 1. The maximum Gasteiger partial charge on any atom is 0.241 e. The molecule has 2 aliphatic heterocycles. The summed E-state index contributed by atoms with van der Waals surface area (Å²) in [5, 5.41) is 6.05. The van der Waals surface area contributed by atoms with E-state index in [2.05, 4.69) is 10.6 Å². The molecule has 2 fully saturated rings. The Bertz CT molecular complexity index is 308. The molecule has 0 spiro atoms. The predicted molar refractivity (Wildman–Crippen MR) is 73.7 cm³/mol. The fraction of sp³-hybridized carbons (Fsp3) is 0.857. The van der Waals surface area contributed by atoms with Crippen LogP contribution >= 0.6 is 0 Å². The highest BCUT2D eigenvalue weighted by Gasteiger charge is 2.18. The topological polar surface area (TPSA) is 61.4 Å². The third-order valence-corrected chi connectivity index (χ3v) is 4.09. The minimum atomic E-state index is 0.0114. The van der Waals surface area contributed by atoms with Crippen LogP contribution < -0.4 is 10.6 Å². The van der Waals surface area contributed by atoms with Gasteiger partial charge in [0.25, 0.3) is 0 Å². The van der Waals surface area contributed by atoms with Crippen molar-refractivity contribution in [1.29, 1.82) is 0 Å². The van der Waals surface area contributed by atoms with Crippen molar-refractivity contribution in [1.82, 2.24) is 15.5 Å². The number of amides is 2. The third kappa shape index (κ3) is 4.82. The summed E-state index contributed by atoms with van der Waals surface area (Å²) in [5.41, 5.74) is 0. The van der Waals surface area contributed by atoms with Gasteiger partial charge >= 0.3 is 0 Å². The van der Waals surface area contributed by atoms with Crippen LogP contribution in [0.2, 0.25) is 0 Å². The molecule has 5 nitrogen and oxygen atoms in total. The molecule has 0 aromatic carbocycles. The first kappa shape index (κ1) is 14.3. The van der Waals surface area contributed by atoms with Crippen LogP contribution in [0.15, 0.2) is 0 Å². The summed E-state index contributed by atoms with van der Waals surface area (Å²) in [4.78, 5) is 25.4. The van der Waals surface area contributed by atoms with E-state index in [4.69, 9.17) is 0 Å². The van der Waals surface area contributed by atoms with Gasteiger partial charge in [-0.3, -0.25) is 9.59 Å². The van der Waals surface area contributed by atoms with E-state index in [1.165, 1.54) is 12.8 Å². The van der Waals surface area contributed by atoms with E-state index >= 15 is 0 Å². The van der Waals surface area contributed by atoms with Crippen LogP contribution in [0.5, 0.6) is 0 Å². The van der Waals surface area contributed by atoms with Gasteiger partial charge in [0.2, 0.25) is 11.8 Å². The van der Waals surface area contributed by atoms with Gasteiger partial charge in [-0.15, -0.1) is 0 Å². The number of hydrogen-bond acceptors (Lipinski definition) is 3. The molecule has 0 bridgehead atoms. The fourth-order valence-electron chi connectivity index (χ4n) is 2.81. The van der Waals surface area contributed by atoms with Crippen molar-refractivity contribution in [2.24, 2.45) is 5.92 Å². The summed E-state index contributed by atoms with van der Waals surface area (Å²) < 4.78 is 0. The fourth-order valence-corrected chi connectivity index (χ4v) is 2.81. The molecular weight excluding hydrogens is 242 g/mol. The second-order valence-corrected chi connectivity index (χ2v) is 5.62. The number of likely N-dealkylation sites (tertiary alicyclic amines) is 1. The van der Waals surface area contributed by atoms with Gasteiger partial charge in [0.05, 0.1) is 6.54 Å². The monoisotopic (exact) mass is 267 g/mol. The lowest BCUT2D eigenvalue weighted by Gasteiger charge is -2.26. The molecule has 19 heavy (non-hydrogen) atoms. The molecule has 0 saturated carbocycles. The summed E-state index contributed by atoms with van der Waals surface area (Å²) in [7, 11) is 0. The summed E-state index contributed by atoms with van der Waals surface area (Å²) in [6.45, 7) is 3.96. The van der Waals surface area contributed by atoms with Crippen LogP contribution in [-0.2, 0) is 9.59 Å². The molecule has 0 aliphatic carbocycles. The van der Waals surface area contributed by atoms with Crippen molar-refractivity contribution < 1.29 is 9.59 Å². The molecule has 2 heterocycles. The number of nitrogens with zero attached hydrogens (tertiary/aromatic N) is 1. The Morgan fingerprint density at radius 1 is 1.21 bits per heavy atom. The molecule has 1 unspecified atom stereocenters. The van der Waals surface area contributed by atoms with E-state index in [0.717, 1.165) is 45.4 Å². The summed E-state index contributed by atoms with van der Waals surface area (Å²) >= 11 is 0. The number of hydrogen-bond donors (Lipinski definition) is 2. The zero-order chi connectivity index (χ0) is 13.5. The van der Waals surface area contributed by atoms with Crippen LogP contribution in [0, 0.1) is 5.92 Å². The first-order valence-electron chi connectivity index (χ1n) is 7.51. The quantitative estimate of drug-likeness (QED) is 0.763. The Hall–Kier alpha value is -1.10. The van der Waals surface area contributed by atoms with Crippen LogP contribution in [-0.4, -0.2) is 49.4 Å². The molecule has 0 radical (unpaired) electrons. The Kier molecular flexibility index (Phi) is 5.63. The maximum absolute atomic E-state index is 11.9. The van der Waals surface area contributed by atoms with Crippen molar-refractivity contribution in [2.75, 3.05) is 32.7 Å². The lowest BCUT2D eigenvalue weighted by atomic mass is 10.0. The molecule has 2 amide bonds. The standard InChI is InChI=1S/C14H25N3O2/c18-13(5-4-12-6-7-15-10-12)16-11-14(19)17-8-2-1-3-9-17/h12,15H,1-11H2,(H,16,18). The molecule has 2 N–H and O–H groups in total. The molecule has 1 atom stereocenters. The normalized spacial score (nSPS) is 23.4. The Morgan fingerprint density at radius 3 is 2.68 bits per heavy atom. The summed E-state index contributed by atoms with van der Waals surface area (Å²) in [6.07, 6.45) is 6.03. The largest absolute Gasteiger partial charge is 0.347 e. The van der Waals surface area contributed by atoms with Crippen molar-refractivity contribution in [3.8, 4) is 0 Å². The molecule has 2 saturated heterocycles. The van der Waals surface area contributed by atoms with Crippen LogP contribution in [0.4, 0.5) is 0 Å². The number of carbonyl (C=O) groups is 2. The van der Waals surface area contributed by atoms with E-state index in [1.54, 1.807) is 0 Å². The Balaban J connectivity index is 1.58. The molecule has 5 heteroatoms. The zero-order valence-electron chi connectivity index (χ0n) is 11.6. The predicted octanol–water partition coefficient (Wildman–Crippen LogP) is 0.505. The van der Waals surface area contributed by atoms with Gasteiger partial charge in [-0.1, -0.05) is 0 Å². The van der Waals surface area contributed by atoms with Crippen LogP contribution in [0.3, 0.4) is 0 Å². The van der Waals surface area contributed by atoms with Gasteiger partial charge in [-0.25, -0.2) is 0 Å². The first-order chi connectivity index (χ1) is 9.25. The van der Waals surface area contributed by atoms with E-state index < -0.39 is 0 Å². The highest BCUT2D eigenvalue weighted by Crippen LogP contribution is 2.14. The highest BCUT2D eigenvalue weighted by molar-refractivity contribution is 5.84. The second kappa shape index (κ2) is 7.48.